The van der Waals surface area contributed by atoms with Crippen molar-refractivity contribution in [3.63, 3.8) is 0 Å². The maximum atomic E-state index is 13.0. The zero-order valence-corrected chi connectivity index (χ0v) is 21.0. The lowest BCUT2D eigenvalue weighted by Gasteiger charge is -2.31. The average Bonchev–Trinajstić information content (AvgIpc) is 2.88. The van der Waals surface area contributed by atoms with E-state index < -0.39 is 29.7 Å². The number of benzene rings is 2. The number of nitrogens with zero attached hydrogens (tertiary/aromatic N) is 1. The molecule has 2 N–H and O–H groups in total. The molecule has 0 fully saturated rings. The number of hydrogen-bond acceptors (Lipinski definition) is 8. The number of amides is 2. The number of rotatable bonds is 7. The summed E-state index contributed by atoms with van der Waals surface area (Å²) in [5.41, 5.74) is 3.37. The molecule has 36 heavy (non-hydrogen) atoms. The molecular weight excluding hydrogens is 482 g/mol. The highest BCUT2D eigenvalue weighted by Crippen LogP contribution is 2.40. The minimum Gasteiger partial charge on any atom is -0.468 e. The Bertz CT molecular complexity index is 1260. The van der Waals surface area contributed by atoms with Crippen molar-refractivity contribution in [2.24, 2.45) is 5.92 Å². The number of ether oxygens (including phenoxy) is 2. The molecule has 9 nitrogen and oxygen atoms in total. The van der Waals surface area contributed by atoms with Gasteiger partial charge in [0.1, 0.15) is 5.92 Å². The highest BCUT2D eigenvalue weighted by molar-refractivity contribution is 8.03. The number of carbonyl (C=O) groups excluding carboxylic acids is 4. The van der Waals surface area contributed by atoms with E-state index in [1.54, 1.807) is 12.1 Å². The molecule has 2 aromatic carbocycles. The SMILES string of the molecule is COC(=O)c1ccc([C@H]2C(C#N)=C(SCC(=O)Nc3c(C)cccc3C)NC(=O)[C@@H]2C(=O)OC)cc1. The average molecular weight is 508 g/mol. The van der Waals surface area contributed by atoms with Crippen molar-refractivity contribution in [1.29, 1.82) is 5.26 Å². The van der Waals surface area contributed by atoms with Gasteiger partial charge in [-0.3, -0.25) is 14.4 Å². The number of aryl methyl sites for hydroxylation is 2. The summed E-state index contributed by atoms with van der Waals surface area (Å²) < 4.78 is 9.54. The summed E-state index contributed by atoms with van der Waals surface area (Å²) in [7, 11) is 2.41. The smallest absolute Gasteiger partial charge is 0.337 e. The zero-order chi connectivity index (χ0) is 26.4. The summed E-state index contributed by atoms with van der Waals surface area (Å²) in [4.78, 5) is 49.9. The summed E-state index contributed by atoms with van der Waals surface area (Å²) in [6.07, 6.45) is 0. The summed E-state index contributed by atoms with van der Waals surface area (Å²) in [6, 6.07) is 13.8. The van der Waals surface area contributed by atoms with Crippen molar-refractivity contribution < 1.29 is 28.7 Å². The molecule has 1 aliphatic heterocycles. The van der Waals surface area contributed by atoms with Crippen molar-refractivity contribution in [1.82, 2.24) is 5.32 Å². The minimum absolute atomic E-state index is 0.0779. The Labute approximate surface area is 212 Å². The third-order valence-corrected chi connectivity index (χ3v) is 6.78. The zero-order valence-electron chi connectivity index (χ0n) is 20.2. The number of anilines is 1. The number of hydrogen-bond donors (Lipinski definition) is 2. The molecule has 0 spiro atoms. The lowest BCUT2D eigenvalue weighted by Crippen LogP contribution is -2.44. The molecule has 0 aliphatic carbocycles. The fraction of sp³-hybridized carbons (Fsp3) is 0.269. The molecule has 0 aromatic heterocycles. The van der Waals surface area contributed by atoms with Crippen molar-refractivity contribution >= 4 is 41.2 Å². The van der Waals surface area contributed by atoms with Gasteiger partial charge in [-0.25, -0.2) is 4.79 Å². The third-order valence-electron chi connectivity index (χ3n) is 5.77. The van der Waals surface area contributed by atoms with Gasteiger partial charge in [-0.05, 0) is 42.7 Å². The fourth-order valence-electron chi connectivity index (χ4n) is 3.95. The lowest BCUT2D eigenvalue weighted by atomic mass is 9.78. The van der Waals surface area contributed by atoms with Crippen LogP contribution in [0, 0.1) is 31.1 Å². The molecule has 0 bridgehead atoms. The second-order valence-corrected chi connectivity index (χ2v) is 9.03. The van der Waals surface area contributed by atoms with Crippen molar-refractivity contribution in [2.75, 3.05) is 25.3 Å². The molecule has 0 saturated carbocycles. The van der Waals surface area contributed by atoms with Crippen molar-refractivity contribution in [3.05, 3.63) is 75.3 Å². The van der Waals surface area contributed by atoms with Crippen LogP contribution in [0.15, 0.2) is 53.1 Å². The maximum Gasteiger partial charge on any atom is 0.337 e. The molecule has 186 valence electrons. The Kier molecular flexibility index (Phi) is 8.51. The van der Waals surface area contributed by atoms with Gasteiger partial charge >= 0.3 is 11.9 Å². The Morgan fingerprint density at radius 1 is 1.06 bits per heavy atom. The Hall–Kier alpha value is -4.10. The predicted octanol–water partition coefficient (Wildman–Crippen LogP) is 3.20. The summed E-state index contributed by atoms with van der Waals surface area (Å²) in [5.74, 6) is -4.68. The first kappa shape index (κ1) is 26.5. The fourth-order valence-corrected chi connectivity index (χ4v) is 4.80. The van der Waals surface area contributed by atoms with Crippen LogP contribution in [0.2, 0.25) is 0 Å². The van der Waals surface area contributed by atoms with Gasteiger partial charge in [0.25, 0.3) is 0 Å². The van der Waals surface area contributed by atoms with Crippen molar-refractivity contribution in [3.8, 4) is 6.07 Å². The number of nitriles is 1. The largest absolute Gasteiger partial charge is 0.468 e. The second kappa shape index (κ2) is 11.6. The monoisotopic (exact) mass is 507 g/mol. The molecule has 2 amide bonds. The molecule has 1 heterocycles. The molecular formula is C26H25N3O6S. The molecule has 3 rings (SSSR count). The number of methoxy groups -OCH3 is 2. The highest BCUT2D eigenvalue weighted by Gasteiger charge is 2.44. The predicted molar refractivity (Wildman–Crippen MR) is 134 cm³/mol. The van der Waals surface area contributed by atoms with E-state index in [9.17, 15) is 24.4 Å². The first-order chi connectivity index (χ1) is 17.2. The van der Waals surface area contributed by atoms with E-state index in [-0.39, 0.29) is 27.8 Å². The third kappa shape index (κ3) is 5.58. The van der Waals surface area contributed by atoms with E-state index in [1.807, 2.05) is 32.0 Å². The quantitative estimate of drug-likeness (QED) is 0.431. The molecule has 1 aliphatic rings. The van der Waals surface area contributed by atoms with Crippen LogP contribution in [-0.2, 0) is 23.9 Å². The van der Waals surface area contributed by atoms with Gasteiger partial charge in [-0.2, -0.15) is 5.26 Å². The van der Waals surface area contributed by atoms with E-state index in [1.165, 1.54) is 19.2 Å². The number of carbonyl (C=O) groups is 4. The van der Waals surface area contributed by atoms with Crippen LogP contribution >= 0.6 is 11.8 Å². The van der Waals surface area contributed by atoms with E-state index in [4.69, 9.17) is 9.47 Å². The van der Waals surface area contributed by atoms with E-state index in [2.05, 4.69) is 16.7 Å². The highest BCUT2D eigenvalue weighted by atomic mass is 32.2. The van der Waals surface area contributed by atoms with Gasteiger partial charge in [0.2, 0.25) is 11.8 Å². The van der Waals surface area contributed by atoms with Crippen LogP contribution < -0.4 is 10.6 Å². The first-order valence-electron chi connectivity index (χ1n) is 10.9. The molecule has 0 radical (unpaired) electrons. The van der Waals surface area contributed by atoms with Crippen LogP contribution in [0.25, 0.3) is 0 Å². The van der Waals surface area contributed by atoms with Crippen LogP contribution in [0.3, 0.4) is 0 Å². The van der Waals surface area contributed by atoms with Crippen LogP contribution in [0.4, 0.5) is 5.69 Å². The Morgan fingerprint density at radius 3 is 2.25 bits per heavy atom. The van der Waals surface area contributed by atoms with Crippen molar-refractivity contribution in [2.45, 2.75) is 19.8 Å². The van der Waals surface area contributed by atoms with E-state index >= 15 is 0 Å². The molecule has 0 saturated heterocycles. The van der Waals surface area contributed by atoms with Gasteiger partial charge in [0.05, 0.1) is 42.2 Å². The number of nitrogens with one attached hydrogen (secondary N) is 2. The molecule has 2 aromatic rings. The van der Waals surface area contributed by atoms with Crippen LogP contribution in [0.1, 0.15) is 33.0 Å². The van der Waals surface area contributed by atoms with Gasteiger partial charge in [-0.1, -0.05) is 42.1 Å². The van der Waals surface area contributed by atoms with Crippen LogP contribution in [-0.4, -0.2) is 43.7 Å². The number of allylic oxidation sites excluding steroid dienone is 1. The standard InChI is InChI=1S/C26H25N3O6S/c1-14-6-5-7-15(2)22(14)28-19(30)13-36-24-18(12-27)20(21(23(31)29-24)26(33)35-4)16-8-10-17(11-9-16)25(32)34-3/h5-11,20-21H,13H2,1-4H3,(H,28,30)(H,29,31)/t20-,21+/m0/s1. The van der Waals surface area contributed by atoms with E-state index in [0.29, 0.717) is 11.3 Å². The van der Waals surface area contributed by atoms with Crippen LogP contribution in [0.5, 0.6) is 0 Å². The molecule has 10 heteroatoms. The molecule has 0 unspecified atom stereocenters. The number of para-hydroxylation sites is 1. The summed E-state index contributed by atoms with van der Waals surface area (Å²) in [6.45, 7) is 3.77. The number of esters is 2. The summed E-state index contributed by atoms with van der Waals surface area (Å²) >= 11 is 0.991. The van der Waals surface area contributed by atoms with Gasteiger partial charge < -0.3 is 20.1 Å². The normalized spacial score (nSPS) is 17.0. The topological polar surface area (TPSA) is 135 Å². The lowest BCUT2D eigenvalue weighted by molar-refractivity contribution is -0.150. The minimum atomic E-state index is -1.32. The van der Waals surface area contributed by atoms with Gasteiger partial charge in [0.15, 0.2) is 0 Å². The Morgan fingerprint density at radius 2 is 1.69 bits per heavy atom. The van der Waals surface area contributed by atoms with Gasteiger partial charge in [-0.15, -0.1) is 0 Å². The molecule has 2 atom stereocenters. The van der Waals surface area contributed by atoms with E-state index in [0.717, 1.165) is 30.0 Å². The van der Waals surface area contributed by atoms with Gasteiger partial charge in [0, 0.05) is 11.6 Å². The maximum absolute atomic E-state index is 13.0. The second-order valence-electron chi connectivity index (χ2n) is 8.04. The summed E-state index contributed by atoms with van der Waals surface area (Å²) in [5, 5.41) is 15.6. The first-order valence-corrected chi connectivity index (χ1v) is 11.9. The Balaban J connectivity index is 1.92. The number of thioether (sulfide) groups is 1.